The molecule has 6 heteroatoms. The van der Waals surface area contributed by atoms with Crippen molar-refractivity contribution in [2.24, 2.45) is 11.8 Å². The van der Waals surface area contributed by atoms with Crippen LogP contribution in [0.5, 0.6) is 0 Å². The largest absolute Gasteiger partial charge is 0.341 e. The molecule has 1 fully saturated rings. The molecule has 2 aromatic rings. The van der Waals surface area contributed by atoms with Gasteiger partial charge in [0.2, 0.25) is 15.9 Å². The highest BCUT2D eigenvalue weighted by Gasteiger charge is 2.42. The second kappa shape index (κ2) is 8.16. The average Bonchev–Trinajstić information content (AvgIpc) is 2.72. The summed E-state index contributed by atoms with van der Waals surface area (Å²) in [5.74, 6) is 0.782. The lowest BCUT2D eigenvalue weighted by Gasteiger charge is -2.41. The summed E-state index contributed by atoms with van der Waals surface area (Å²) in [7, 11) is -3.80. The van der Waals surface area contributed by atoms with Gasteiger partial charge in [-0.05, 0) is 54.9 Å². The molecular weight excluding hydrogens is 396 g/mol. The van der Waals surface area contributed by atoms with E-state index in [2.05, 4.69) is 13.8 Å². The van der Waals surface area contributed by atoms with Crippen LogP contribution >= 0.6 is 0 Å². The van der Waals surface area contributed by atoms with E-state index in [4.69, 9.17) is 0 Å². The minimum Gasteiger partial charge on any atom is -0.341 e. The maximum atomic E-state index is 13.6. The topological polar surface area (TPSA) is 57.7 Å². The summed E-state index contributed by atoms with van der Waals surface area (Å²) < 4.78 is 28.6. The third-order valence-electron chi connectivity index (χ3n) is 6.30. The number of likely N-dealkylation sites (tertiary alicyclic amines) is 1. The Labute approximate surface area is 179 Å². The number of benzene rings is 2. The first kappa shape index (κ1) is 21.1. The van der Waals surface area contributed by atoms with E-state index in [0.29, 0.717) is 31.3 Å². The molecule has 0 saturated carbocycles. The molecule has 160 valence electrons. The number of hydrogen-bond donors (Lipinski definition) is 0. The van der Waals surface area contributed by atoms with Crippen LogP contribution in [0, 0.1) is 18.8 Å². The molecule has 2 aliphatic rings. The van der Waals surface area contributed by atoms with Crippen molar-refractivity contribution < 1.29 is 13.2 Å². The number of sulfonamides is 1. The second-order valence-corrected chi connectivity index (χ2v) is 10.9. The summed E-state index contributed by atoms with van der Waals surface area (Å²) in [5, 5.41) is 0. The number of amides is 1. The van der Waals surface area contributed by atoms with Crippen LogP contribution in [0.4, 0.5) is 0 Å². The number of hydrogen-bond acceptors (Lipinski definition) is 3. The van der Waals surface area contributed by atoms with Crippen molar-refractivity contribution in [3.05, 3.63) is 65.2 Å². The number of piperidine rings is 1. The molecule has 3 unspecified atom stereocenters. The minimum atomic E-state index is -3.80. The first-order chi connectivity index (χ1) is 14.3. The van der Waals surface area contributed by atoms with Crippen LogP contribution in [-0.4, -0.2) is 42.7 Å². The number of carbonyl (C=O) groups excluding carboxylic acids is 1. The van der Waals surface area contributed by atoms with Crippen molar-refractivity contribution in [2.75, 3.05) is 13.1 Å². The van der Waals surface area contributed by atoms with E-state index < -0.39 is 16.1 Å². The molecule has 0 radical (unpaired) electrons. The number of fused-ring (bicyclic) bond motifs is 1. The molecule has 0 N–H and O–H groups in total. The Bertz CT molecular complexity index is 1020. The Kier molecular flexibility index (Phi) is 5.73. The summed E-state index contributed by atoms with van der Waals surface area (Å²) >= 11 is 0. The molecule has 0 spiro atoms. The summed E-state index contributed by atoms with van der Waals surface area (Å²) in [6.07, 6.45) is 1.52. The fourth-order valence-corrected chi connectivity index (χ4v) is 6.42. The zero-order valence-corrected chi connectivity index (χ0v) is 18.7. The Hall–Kier alpha value is -2.18. The van der Waals surface area contributed by atoms with Crippen LogP contribution in [-0.2, 0) is 27.8 Å². The van der Waals surface area contributed by atoms with Crippen LogP contribution in [0.2, 0.25) is 0 Å². The zero-order chi connectivity index (χ0) is 21.5. The van der Waals surface area contributed by atoms with Crippen LogP contribution in [0.1, 0.15) is 37.0 Å². The van der Waals surface area contributed by atoms with E-state index in [0.717, 1.165) is 23.1 Å². The normalized spacial score (nSPS) is 25.0. The van der Waals surface area contributed by atoms with Gasteiger partial charge < -0.3 is 4.90 Å². The third kappa shape index (κ3) is 4.03. The van der Waals surface area contributed by atoms with Gasteiger partial charge in [-0.1, -0.05) is 55.8 Å². The van der Waals surface area contributed by atoms with Crippen molar-refractivity contribution in [3.63, 3.8) is 0 Å². The molecule has 3 atom stereocenters. The minimum absolute atomic E-state index is 0.0708. The highest BCUT2D eigenvalue weighted by Crippen LogP contribution is 2.31. The fraction of sp³-hybridized carbons (Fsp3) is 0.458. The quantitative estimate of drug-likeness (QED) is 0.753. The average molecular weight is 427 g/mol. The van der Waals surface area contributed by atoms with Gasteiger partial charge in [-0.2, -0.15) is 4.31 Å². The lowest BCUT2D eigenvalue weighted by Crippen LogP contribution is -2.55. The van der Waals surface area contributed by atoms with E-state index in [9.17, 15) is 13.2 Å². The fourth-order valence-electron chi connectivity index (χ4n) is 4.86. The smallest absolute Gasteiger partial charge is 0.244 e. The van der Waals surface area contributed by atoms with E-state index in [1.165, 1.54) is 4.31 Å². The van der Waals surface area contributed by atoms with Gasteiger partial charge >= 0.3 is 0 Å². The van der Waals surface area contributed by atoms with Crippen molar-refractivity contribution in [1.82, 2.24) is 9.21 Å². The Morgan fingerprint density at radius 1 is 0.933 bits per heavy atom. The molecule has 2 aromatic carbocycles. The van der Waals surface area contributed by atoms with Crippen molar-refractivity contribution in [2.45, 2.75) is 51.1 Å². The molecule has 5 nitrogen and oxygen atoms in total. The number of aryl methyl sites for hydroxylation is 1. The highest BCUT2D eigenvalue weighted by molar-refractivity contribution is 7.89. The van der Waals surface area contributed by atoms with Crippen LogP contribution in [0.15, 0.2) is 53.4 Å². The van der Waals surface area contributed by atoms with Gasteiger partial charge in [-0.15, -0.1) is 0 Å². The van der Waals surface area contributed by atoms with E-state index >= 15 is 0 Å². The number of nitrogens with zero attached hydrogens (tertiary/aromatic N) is 2. The molecule has 1 saturated heterocycles. The maximum absolute atomic E-state index is 13.6. The Balaban J connectivity index is 1.72. The lowest BCUT2D eigenvalue weighted by molar-refractivity contribution is -0.138. The maximum Gasteiger partial charge on any atom is 0.244 e. The second-order valence-electron chi connectivity index (χ2n) is 9.04. The van der Waals surface area contributed by atoms with Crippen molar-refractivity contribution >= 4 is 15.9 Å². The molecule has 4 rings (SSSR count). The molecule has 2 aliphatic heterocycles. The van der Waals surface area contributed by atoms with E-state index in [-0.39, 0.29) is 17.3 Å². The molecule has 0 bridgehead atoms. The highest BCUT2D eigenvalue weighted by atomic mass is 32.2. The molecule has 1 amide bonds. The summed E-state index contributed by atoms with van der Waals surface area (Å²) in [5.41, 5.74) is 3.03. The summed E-state index contributed by atoms with van der Waals surface area (Å²) in [6.45, 7) is 7.86. The van der Waals surface area contributed by atoms with Crippen molar-refractivity contribution in [1.29, 1.82) is 0 Å². The van der Waals surface area contributed by atoms with Gasteiger partial charge in [0.1, 0.15) is 6.04 Å². The summed E-state index contributed by atoms with van der Waals surface area (Å²) in [6, 6.07) is 14.0. The first-order valence-corrected chi connectivity index (χ1v) is 12.1. The van der Waals surface area contributed by atoms with Gasteiger partial charge in [0.25, 0.3) is 0 Å². The van der Waals surface area contributed by atoms with Crippen molar-refractivity contribution in [3.8, 4) is 0 Å². The third-order valence-corrected chi connectivity index (χ3v) is 8.17. The van der Waals surface area contributed by atoms with E-state index in [1.54, 1.807) is 24.3 Å². The van der Waals surface area contributed by atoms with Gasteiger partial charge in [0.05, 0.1) is 4.90 Å². The molecule has 0 aromatic heterocycles. The Morgan fingerprint density at radius 2 is 1.53 bits per heavy atom. The molecule has 30 heavy (non-hydrogen) atoms. The molecule has 2 heterocycles. The molecular formula is C24H30N2O3S. The number of rotatable bonds is 3. The predicted molar refractivity (Wildman–Crippen MR) is 117 cm³/mol. The number of carbonyl (C=O) groups is 1. The van der Waals surface area contributed by atoms with Crippen LogP contribution < -0.4 is 0 Å². The predicted octanol–water partition coefficient (Wildman–Crippen LogP) is 3.62. The van der Waals surface area contributed by atoms with Gasteiger partial charge in [0, 0.05) is 19.6 Å². The monoisotopic (exact) mass is 426 g/mol. The van der Waals surface area contributed by atoms with Crippen LogP contribution in [0.25, 0.3) is 0 Å². The van der Waals surface area contributed by atoms with Gasteiger partial charge in [-0.3, -0.25) is 4.79 Å². The zero-order valence-electron chi connectivity index (χ0n) is 17.9. The first-order valence-electron chi connectivity index (χ1n) is 10.7. The molecule has 0 aliphatic carbocycles. The summed E-state index contributed by atoms with van der Waals surface area (Å²) in [4.78, 5) is 15.7. The van der Waals surface area contributed by atoms with Crippen LogP contribution in [0.3, 0.4) is 0 Å². The lowest BCUT2D eigenvalue weighted by atomic mass is 9.90. The van der Waals surface area contributed by atoms with E-state index in [1.807, 2.05) is 36.1 Å². The standard InChI is InChI=1S/C24H30N2O3S/c1-17-8-10-22(11-9-17)30(28,29)26-16-21-7-5-4-6-20(21)13-23(26)24(27)25-14-18(2)12-19(3)15-25/h4-11,18-19,23H,12-16H2,1-3H3. The SMILES string of the molecule is Cc1ccc(S(=O)(=O)N2Cc3ccccc3CC2C(=O)N2CC(C)CC(C)C2)cc1. The van der Waals surface area contributed by atoms with Gasteiger partial charge in [0.15, 0.2) is 0 Å². The Morgan fingerprint density at radius 3 is 2.17 bits per heavy atom. The van der Waals surface area contributed by atoms with Gasteiger partial charge in [-0.25, -0.2) is 8.42 Å².